The fourth-order valence-electron chi connectivity index (χ4n) is 3.47. The second-order valence-electron chi connectivity index (χ2n) is 6.54. The second-order valence-corrected chi connectivity index (χ2v) is 6.54. The molecule has 4 N–H and O–H groups in total. The zero-order valence-corrected chi connectivity index (χ0v) is 14.0. The molecule has 0 saturated carbocycles. The first-order valence-electron chi connectivity index (χ1n) is 8.55. The number of amides is 1. The van der Waals surface area contributed by atoms with Crippen LogP contribution in [0.1, 0.15) is 41.2 Å². The minimum absolute atomic E-state index is 0.0362. The zero-order chi connectivity index (χ0) is 18.3. The zero-order valence-electron chi connectivity index (χ0n) is 14.0. The van der Waals surface area contributed by atoms with Gasteiger partial charge in [-0.25, -0.2) is 13.8 Å². The summed E-state index contributed by atoms with van der Waals surface area (Å²) in [6.07, 6.45) is 3.23. The number of imidazole rings is 1. The van der Waals surface area contributed by atoms with Crippen molar-refractivity contribution in [2.75, 3.05) is 6.54 Å². The van der Waals surface area contributed by atoms with Crippen LogP contribution < -0.4 is 11.1 Å². The van der Waals surface area contributed by atoms with Gasteiger partial charge in [0.15, 0.2) is 0 Å². The number of carbonyl (C=O) groups excluding carboxylic acids is 1. The Balaban J connectivity index is 1.75. The van der Waals surface area contributed by atoms with Crippen LogP contribution in [-0.2, 0) is 0 Å². The summed E-state index contributed by atoms with van der Waals surface area (Å²) in [6.45, 7) is 0.930. The Morgan fingerprint density at radius 2 is 2.04 bits per heavy atom. The highest BCUT2D eigenvalue weighted by Crippen LogP contribution is 2.29. The van der Waals surface area contributed by atoms with Crippen LogP contribution in [0, 0.1) is 11.6 Å². The minimum Gasteiger partial charge on any atom is -0.366 e. The van der Waals surface area contributed by atoms with E-state index in [1.807, 2.05) is 6.07 Å². The summed E-state index contributed by atoms with van der Waals surface area (Å²) >= 11 is 0. The van der Waals surface area contributed by atoms with E-state index in [1.165, 1.54) is 12.1 Å². The number of aromatic nitrogens is 2. The van der Waals surface area contributed by atoms with E-state index < -0.39 is 17.5 Å². The number of nitrogens with one attached hydrogen (secondary N) is 2. The molecule has 0 unspecified atom stereocenters. The number of halogens is 2. The second kappa shape index (κ2) is 6.49. The van der Waals surface area contributed by atoms with Gasteiger partial charge in [-0.1, -0.05) is 12.5 Å². The standard InChI is InChI=1S/C19H18F2N4O/c20-11-8-13(18(22)26)17-16(9-11)24-19(25-17)12-5-4-10(7-14(12)21)15-3-1-2-6-23-15/h4-5,7-9,15,23H,1-3,6H2,(H2,22,26)(H,24,25)/t15-/m0/s1. The van der Waals surface area contributed by atoms with Gasteiger partial charge in [0.25, 0.3) is 5.91 Å². The van der Waals surface area contributed by atoms with Gasteiger partial charge in [-0.05, 0) is 49.2 Å². The molecule has 1 atom stereocenters. The van der Waals surface area contributed by atoms with E-state index in [-0.39, 0.29) is 28.5 Å². The molecule has 2 heterocycles. The van der Waals surface area contributed by atoms with Crippen molar-refractivity contribution in [3.05, 3.63) is 53.1 Å². The number of primary amides is 1. The predicted octanol–water partition coefficient (Wildman–Crippen LogP) is 3.42. The fourth-order valence-corrected chi connectivity index (χ4v) is 3.47. The molecule has 0 radical (unpaired) electrons. The number of aromatic amines is 1. The summed E-state index contributed by atoms with van der Waals surface area (Å²) in [7, 11) is 0. The molecule has 0 bridgehead atoms. The third-order valence-corrected chi connectivity index (χ3v) is 4.78. The molecular formula is C19H18F2N4O. The summed E-state index contributed by atoms with van der Waals surface area (Å²) in [5.74, 6) is -1.59. The fraction of sp³-hybridized carbons (Fsp3) is 0.263. The van der Waals surface area contributed by atoms with E-state index in [1.54, 1.807) is 6.07 Å². The number of nitrogens with two attached hydrogens (primary N) is 1. The number of nitrogens with zero attached hydrogens (tertiary/aromatic N) is 1. The molecule has 3 aromatic rings. The van der Waals surface area contributed by atoms with Crippen LogP contribution in [0.4, 0.5) is 8.78 Å². The van der Waals surface area contributed by atoms with Crippen LogP contribution in [0.3, 0.4) is 0 Å². The van der Waals surface area contributed by atoms with E-state index in [4.69, 9.17) is 5.73 Å². The first kappa shape index (κ1) is 16.7. The van der Waals surface area contributed by atoms with Crippen molar-refractivity contribution in [1.82, 2.24) is 15.3 Å². The van der Waals surface area contributed by atoms with E-state index in [9.17, 15) is 13.6 Å². The number of hydrogen-bond donors (Lipinski definition) is 3. The van der Waals surface area contributed by atoms with E-state index in [0.717, 1.165) is 37.4 Å². The van der Waals surface area contributed by atoms with Crippen molar-refractivity contribution in [1.29, 1.82) is 0 Å². The number of carbonyl (C=O) groups is 1. The lowest BCUT2D eigenvalue weighted by Gasteiger charge is -2.24. The van der Waals surface area contributed by atoms with E-state index >= 15 is 0 Å². The van der Waals surface area contributed by atoms with Crippen molar-refractivity contribution in [2.24, 2.45) is 5.73 Å². The number of H-pyrrole nitrogens is 1. The average molecular weight is 356 g/mol. The van der Waals surface area contributed by atoms with Gasteiger partial charge in [0, 0.05) is 6.04 Å². The Morgan fingerprint density at radius 1 is 1.19 bits per heavy atom. The van der Waals surface area contributed by atoms with E-state index in [0.29, 0.717) is 5.52 Å². The molecule has 1 aromatic heterocycles. The van der Waals surface area contributed by atoms with Crippen molar-refractivity contribution < 1.29 is 13.6 Å². The first-order chi connectivity index (χ1) is 12.5. The van der Waals surface area contributed by atoms with Gasteiger partial charge in [-0.3, -0.25) is 4.79 Å². The van der Waals surface area contributed by atoms with Crippen LogP contribution >= 0.6 is 0 Å². The molecule has 2 aromatic carbocycles. The molecule has 1 aliphatic heterocycles. The van der Waals surface area contributed by atoms with Crippen LogP contribution in [0.15, 0.2) is 30.3 Å². The number of hydrogen-bond acceptors (Lipinski definition) is 3. The van der Waals surface area contributed by atoms with Crippen LogP contribution in [0.2, 0.25) is 0 Å². The molecule has 1 amide bonds. The molecule has 1 saturated heterocycles. The summed E-state index contributed by atoms with van der Waals surface area (Å²) < 4.78 is 28.4. The van der Waals surface area contributed by atoms with E-state index in [2.05, 4.69) is 15.3 Å². The quantitative estimate of drug-likeness (QED) is 0.672. The van der Waals surface area contributed by atoms with Gasteiger partial charge >= 0.3 is 0 Å². The van der Waals surface area contributed by atoms with Crippen molar-refractivity contribution in [2.45, 2.75) is 25.3 Å². The number of piperidine rings is 1. The maximum Gasteiger partial charge on any atom is 0.251 e. The molecule has 5 nitrogen and oxygen atoms in total. The lowest BCUT2D eigenvalue weighted by Crippen LogP contribution is -2.26. The molecule has 1 fully saturated rings. The topological polar surface area (TPSA) is 83.8 Å². The molecule has 7 heteroatoms. The third-order valence-electron chi connectivity index (χ3n) is 4.78. The lowest BCUT2D eigenvalue weighted by molar-refractivity contribution is 0.100. The minimum atomic E-state index is -0.785. The summed E-state index contributed by atoms with van der Waals surface area (Å²) in [5.41, 5.74) is 6.93. The third kappa shape index (κ3) is 2.94. The maximum atomic E-state index is 14.7. The van der Waals surface area contributed by atoms with Gasteiger partial charge < -0.3 is 16.0 Å². The highest BCUT2D eigenvalue weighted by atomic mass is 19.1. The predicted molar refractivity (Wildman–Crippen MR) is 94.6 cm³/mol. The highest BCUT2D eigenvalue weighted by molar-refractivity contribution is 6.04. The Kier molecular flexibility index (Phi) is 4.16. The largest absolute Gasteiger partial charge is 0.366 e. The Bertz CT molecular complexity index is 993. The molecule has 134 valence electrons. The van der Waals surface area contributed by atoms with Crippen LogP contribution in [0.25, 0.3) is 22.4 Å². The number of benzene rings is 2. The summed E-state index contributed by atoms with van der Waals surface area (Å²) in [6, 6.07) is 7.41. The van der Waals surface area contributed by atoms with Crippen molar-refractivity contribution in [3.63, 3.8) is 0 Å². The number of rotatable bonds is 3. The Hall–Kier alpha value is -2.80. The average Bonchev–Trinajstić information content (AvgIpc) is 3.04. The number of fused-ring (bicyclic) bond motifs is 1. The first-order valence-corrected chi connectivity index (χ1v) is 8.55. The summed E-state index contributed by atoms with van der Waals surface area (Å²) in [4.78, 5) is 18.7. The van der Waals surface area contributed by atoms with Crippen LogP contribution in [0.5, 0.6) is 0 Å². The molecule has 0 spiro atoms. The normalized spacial score (nSPS) is 17.5. The lowest BCUT2D eigenvalue weighted by atomic mass is 9.96. The van der Waals surface area contributed by atoms with Gasteiger partial charge in [-0.15, -0.1) is 0 Å². The monoisotopic (exact) mass is 356 g/mol. The van der Waals surface area contributed by atoms with Gasteiger partial charge in [0.2, 0.25) is 0 Å². The molecule has 1 aliphatic rings. The SMILES string of the molecule is NC(=O)c1cc(F)cc2[nH]c(-c3ccc([C@@H]4CCCCN4)cc3F)nc12. The molecule has 0 aliphatic carbocycles. The van der Waals surface area contributed by atoms with Gasteiger partial charge in [0.05, 0.1) is 16.6 Å². The Labute approximate surface area is 148 Å². The summed E-state index contributed by atoms with van der Waals surface area (Å²) in [5, 5.41) is 3.39. The molecular weight excluding hydrogens is 338 g/mol. The molecule has 4 rings (SSSR count). The van der Waals surface area contributed by atoms with Gasteiger partial charge in [-0.2, -0.15) is 0 Å². The van der Waals surface area contributed by atoms with Crippen LogP contribution in [-0.4, -0.2) is 22.4 Å². The highest BCUT2D eigenvalue weighted by Gasteiger charge is 2.19. The van der Waals surface area contributed by atoms with Crippen molar-refractivity contribution in [3.8, 4) is 11.4 Å². The molecule has 26 heavy (non-hydrogen) atoms. The van der Waals surface area contributed by atoms with Gasteiger partial charge in [0.1, 0.15) is 23.0 Å². The Morgan fingerprint density at radius 3 is 2.73 bits per heavy atom. The maximum absolute atomic E-state index is 14.7. The van der Waals surface area contributed by atoms with Crippen molar-refractivity contribution >= 4 is 16.9 Å². The smallest absolute Gasteiger partial charge is 0.251 e.